The Hall–Kier alpha value is -1.57. The minimum absolute atomic E-state index is 1.02. The van der Waals surface area contributed by atoms with Gasteiger partial charge in [0.05, 0.1) is 5.52 Å². The second kappa shape index (κ2) is 3.29. The van der Waals surface area contributed by atoms with Gasteiger partial charge in [-0.3, -0.25) is 4.98 Å². The Morgan fingerprint density at radius 3 is 2.71 bits per heavy atom. The lowest BCUT2D eigenvalue weighted by Gasteiger charge is -2.15. The van der Waals surface area contributed by atoms with Crippen molar-refractivity contribution in [3.05, 3.63) is 43.1 Å². The Morgan fingerprint density at radius 1 is 1.29 bits per heavy atom. The summed E-state index contributed by atoms with van der Waals surface area (Å²) < 4.78 is 0. The highest BCUT2D eigenvalue weighted by molar-refractivity contribution is 5.91. The highest BCUT2D eigenvalue weighted by Crippen LogP contribution is 2.24. The van der Waals surface area contributed by atoms with Crippen molar-refractivity contribution < 1.29 is 0 Å². The normalized spacial score (nSPS) is 10.5. The molecule has 0 unspecified atom stereocenters. The molecule has 0 amide bonds. The molecule has 0 aliphatic carbocycles. The van der Waals surface area contributed by atoms with Crippen LogP contribution in [-0.2, 0) is 0 Å². The Bertz CT molecular complexity index is 461. The number of pyridine rings is 1. The van der Waals surface area contributed by atoms with Gasteiger partial charge >= 0.3 is 0 Å². The second-order valence-corrected chi connectivity index (χ2v) is 3.50. The molecule has 14 heavy (non-hydrogen) atoms. The van der Waals surface area contributed by atoms with Crippen LogP contribution in [0, 0.1) is 14.0 Å². The highest BCUT2D eigenvalue weighted by Gasteiger charge is 2.04. The van der Waals surface area contributed by atoms with Crippen LogP contribution in [-0.4, -0.2) is 12.0 Å². The molecule has 1 heterocycles. The van der Waals surface area contributed by atoms with Crippen molar-refractivity contribution in [2.24, 2.45) is 0 Å². The number of rotatable bonds is 1. The number of aromatic nitrogens is 1. The van der Waals surface area contributed by atoms with E-state index in [1.54, 1.807) is 0 Å². The molecule has 0 fully saturated rings. The van der Waals surface area contributed by atoms with Gasteiger partial charge < -0.3 is 4.90 Å². The number of nitrogens with zero attached hydrogens (tertiary/aromatic N) is 2. The van der Waals surface area contributed by atoms with Crippen LogP contribution in [0.3, 0.4) is 0 Å². The molecule has 0 aliphatic heterocycles. The molecule has 0 saturated heterocycles. The van der Waals surface area contributed by atoms with E-state index in [0.717, 1.165) is 22.3 Å². The summed E-state index contributed by atoms with van der Waals surface area (Å²) in [6, 6.07) is 10.2. The Labute approximate surface area is 84.2 Å². The molecule has 2 heteroatoms. The van der Waals surface area contributed by atoms with Gasteiger partial charge in [-0.2, -0.15) is 0 Å². The van der Waals surface area contributed by atoms with Crippen molar-refractivity contribution in [1.82, 2.24) is 4.98 Å². The molecule has 0 aliphatic rings. The molecule has 2 aromatic rings. The predicted molar refractivity (Wildman–Crippen MR) is 60.2 cm³/mol. The lowest BCUT2D eigenvalue weighted by Crippen LogP contribution is -2.06. The first-order valence-electron chi connectivity index (χ1n) is 4.59. The fourth-order valence-corrected chi connectivity index (χ4v) is 1.60. The molecule has 0 spiro atoms. The molecular formula is C12H13N2. The average Bonchev–Trinajstić information content (AvgIpc) is 2.16. The number of hydrogen-bond acceptors (Lipinski definition) is 2. The zero-order valence-corrected chi connectivity index (χ0v) is 8.49. The second-order valence-electron chi connectivity index (χ2n) is 3.50. The summed E-state index contributed by atoms with van der Waals surface area (Å²) in [6.45, 7) is 2.00. The van der Waals surface area contributed by atoms with Crippen LogP contribution in [0.1, 0.15) is 5.69 Å². The summed E-state index contributed by atoms with van der Waals surface area (Å²) in [4.78, 5) is 6.34. The van der Waals surface area contributed by atoms with E-state index in [-0.39, 0.29) is 0 Å². The molecule has 2 rings (SSSR count). The van der Waals surface area contributed by atoms with E-state index < -0.39 is 0 Å². The van der Waals surface area contributed by atoms with E-state index in [1.165, 1.54) is 0 Å². The van der Waals surface area contributed by atoms with E-state index in [4.69, 9.17) is 0 Å². The van der Waals surface area contributed by atoms with Crippen LogP contribution in [0.2, 0.25) is 0 Å². The summed E-state index contributed by atoms with van der Waals surface area (Å²) in [5, 5.41) is 1.15. The van der Waals surface area contributed by atoms with Gasteiger partial charge in [-0.15, -0.1) is 0 Å². The minimum atomic E-state index is 1.02. The quantitative estimate of drug-likeness (QED) is 0.679. The zero-order valence-electron chi connectivity index (χ0n) is 8.49. The lowest BCUT2D eigenvalue weighted by atomic mass is 10.1. The minimum Gasteiger partial charge on any atom is -0.372 e. The number of benzene rings is 1. The number of anilines is 1. The van der Waals surface area contributed by atoms with Gasteiger partial charge in [0.2, 0.25) is 0 Å². The summed E-state index contributed by atoms with van der Waals surface area (Å²) in [5.74, 6) is 0. The van der Waals surface area contributed by atoms with Crippen LogP contribution in [0.25, 0.3) is 10.9 Å². The maximum atomic E-state index is 4.46. The number of para-hydroxylation sites is 1. The molecule has 2 nitrogen and oxygen atoms in total. The summed E-state index contributed by atoms with van der Waals surface area (Å²) in [5.41, 5.74) is 3.17. The van der Waals surface area contributed by atoms with Crippen molar-refractivity contribution >= 4 is 16.6 Å². The Morgan fingerprint density at radius 2 is 2.00 bits per heavy atom. The summed E-state index contributed by atoms with van der Waals surface area (Å²) in [7, 11) is 5.85. The smallest absolute Gasteiger partial charge is 0.0726 e. The Kier molecular flexibility index (Phi) is 2.12. The topological polar surface area (TPSA) is 16.1 Å². The third kappa shape index (κ3) is 1.43. The first-order chi connectivity index (χ1) is 6.68. The van der Waals surface area contributed by atoms with Crippen molar-refractivity contribution in [3.63, 3.8) is 0 Å². The van der Waals surface area contributed by atoms with Gasteiger partial charge in [-0.1, -0.05) is 18.2 Å². The molecule has 0 bridgehead atoms. The van der Waals surface area contributed by atoms with Crippen LogP contribution in [0.15, 0.2) is 30.3 Å². The number of hydrogen-bond donors (Lipinski definition) is 0. The monoisotopic (exact) mass is 185 g/mol. The third-order valence-corrected chi connectivity index (χ3v) is 2.23. The fraction of sp³-hybridized carbons (Fsp3) is 0.167. The number of aryl methyl sites for hydroxylation is 1. The van der Waals surface area contributed by atoms with Gasteiger partial charge in [-0.05, 0) is 19.1 Å². The van der Waals surface area contributed by atoms with Crippen LogP contribution < -0.4 is 4.90 Å². The first kappa shape index (κ1) is 9.00. The van der Waals surface area contributed by atoms with Gasteiger partial charge in [0.15, 0.2) is 0 Å². The summed E-state index contributed by atoms with van der Waals surface area (Å²) >= 11 is 0. The maximum absolute atomic E-state index is 4.46. The predicted octanol–water partition coefficient (Wildman–Crippen LogP) is 2.77. The first-order valence-corrected chi connectivity index (χ1v) is 4.59. The number of fused-ring (bicyclic) bond motifs is 1. The van der Waals surface area contributed by atoms with Gasteiger partial charge in [0, 0.05) is 30.9 Å². The molecule has 1 radical (unpaired) electrons. The standard InChI is InChI=1S/C12H13N2/c1-9-8-12(14(2)3)10-6-4-5-7-11(10)13-9/h4-8H,2H2,1,3H3. The van der Waals surface area contributed by atoms with Crippen molar-refractivity contribution in [1.29, 1.82) is 0 Å². The maximum Gasteiger partial charge on any atom is 0.0726 e. The molecule has 0 atom stereocenters. The Balaban J connectivity index is 2.80. The average molecular weight is 185 g/mol. The molecule has 0 N–H and O–H groups in total. The van der Waals surface area contributed by atoms with E-state index in [0.29, 0.717) is 0 Å². The highest BCUT2D eigenvalue weighted by atomic mass is 15.1. The van der Waals surface area contributed by atoms with Gasteiger partial charge in [-0.25, -0.2) is 0 Å². The van der Waals surface area contributed by atoms with E-state index >= 15 is 0 Å². The van der Waals surface area contributed by atoms with Crippen LogP contribution in [0.5, 0.6) is 0 Å². The van der Waals surface area contributed by atoms with Gasteiger partial charge in [0.25, 0.3) is 0 Å². The SMILES string of the molecule is [CH2]N(C)c1cc(C)nc2ccccc12. The third-order valence-electron chi connectivity index (χ3n) is 2.23. The fourth-order valence-electron chi connectivity index (χ4n) is 1.60. The van der Waals surface area contributed by atoms with Gasteiger partial charge in [0.1, 0.15) is 0 Å². The summed E-state index contributed by atoms with van der Waals surface area (Å²) in [6.07, 6.45) is 0. The molecule has 1 aromatic carbocycles. The van der Waals surface area contributed by atoms with E-state index in [9.17, 15) is 0 Å². The molecule has 1 aromatic heterocycles. The molecular weight excluding hydrogens is 172 g/mol. The molecule has 71 valence electrons. The van der Waals surface area contributed by atoms with Crippen LogP contribution in [0.4, 0.5) is 5.69 Å². The lowest BCUT2D eigenvalue weighted by molar-refractivity contribution is 1.18. The van der Waals surface area contributed by atoms with Crippen molar-refractivity contribution in [2.45, 2.75) is 6.92 Å². The van der Waals surface area contributed by atoms with E-state index in [1.807, 2.05) is 37.1 Å². The molecule has 0 saturated carbocycles. The van der Waals surface area contributed by atoms with E-state index in [2.05, 4.69) is 24.2 Å². The zero-order chi connectivity index (χ0) is 10.1. The largest absolute Gasteiger partial charge is 0.372 e. The van der Waals surface area contributed by atoms with Crippen molar-refractivity contribution in [3.8, 4) is 0 Å². The van der Waals surface area contributed by atoms with Crippen molar-refractivity contribution in [2.75, 3.05) is 11.9 Å². The van der Waals surface area contributed by atoms with Crippen LogP contribution >= 0.6 is 0 Å².